The molecule has 0 saturated carbocycles. The number of amides is 1. The SMILES string of the molecule is Cc1cccc(OC2CN(C(=O)c3ccc(S(=O)(=O)N4CCOCC4)cc3)C2)n1. The van der Waals surface area contributed by atoms with Crippen LogP contribution in [0.4, 0.5) is 0 Å². The van der Waals surface area contributed by atoms with Crippen molar-refractivity contribution in [3.05, 3.63) is 53.7 Å². The van der Waals surface area contributed by atoms with Crippen LogP contribution in [0, 0.1) is 6.92 Å². The van der Waals surface area contributed by atoms with Crippen molar-refractivity contribution in [2.45, 2.75) is 17.9 Å². The lowest BCUT2D eigenvalue weighted by molar-refractivity contribution is 0.0159. The van der Waals surface area contributed by atoms with Crippen LogP contribution in [-0.2, 0) is 14.8 Å². The fourth-order valence-electron chi connectivity index (χ4n) is 3.32. The van der Waals surface area contributed by atoms with Gasteiger partial charge < -0.3 is 14.4 Å². The molecule has 0 unspecified atom stereocenters. The Balaban J connectivity index is 1.35. The van der Waals surface area contributed by atoms with Crippen LogP contribution >= 0.6 is 0 Å². The van der Waals surface area contributed by atoms with Gasteiger partial charge in [0.2, 0.25) is 15.9 Å². The lowest BCUT2D eigenvalue weighted by atomic mass is 10.1. The standard InChI is InChI=1S/C20H23N3O5S/c1-15-3-2-4-19(21-15)28-17-13-22(14-17)20(24)16-5-7-18(8-6-16)29(25,26)23-9-11-27-12-10-23/h2-8,17H,9-14H2,1H3. The fraction of sp³-hybridized carbons (Fsp3) is 0.400. The molecule has 2 aromatic rings. The average molecular weight is 417 g/mol. The predicted molar refractivity (Wildman–Crippen MR) is 105 cm³/mol. The molecule has 0 aliphatic carbocycles. The maximum absolute atomic E-state index is 12.7. The highest BCUT2D eigenvalue weighted by Crippen LogP contribution is 2.21. The number of ether oxygens (including phenoxy) is 2. The van der Waals surface area contributed by atoms with E-state index in [1.54, 1.807) is 23.1 Å². The summed E-state index contributed by atoms with van der Waals surface area (Å²) in [6.45, 7) is 4.32. The van der Waals surface area contributed by atoms with Crippen LogP contribution < -0.4 is 4.74 Å². The number of carbonyl (C=O) groups excluding carboxylic acids is 1. The zero-order valence-corrected chi connectivity index (χ0v) is 17.0. The maximum atomic E-state index is 12.7. The maximum Gasteiger partial charge on any atom is 0.254 e. The van der Waals surface area contributed by atoms with Gasteiger partial charge in [-0.1, -0.05) is 6.07 Å². The van der Waals surface area contributed by atoms with E-state index in [0.29, 0.717) is 50.8 Å². The van der Waals surface area contributed by atoms with Gasteiger partial charge in [-0.15, -0.1) is 0 Å². The van der Waals surface area contributed by atoms with Gasteiger partial charge in [0, 0.05) is 30.4 Å². The molecule has 0 spiro atoms. The first-order valence-electron chi connectivity index (χ1n) is 9.51. The number of likely N-dealkylation sites (tertiary alicyclic amines) is 1. The smallest absolute Gasteiger partial charge is 0.254 e. The highest BCUT2D eigenvalue weighted by molar-refractivity contribution is 7.89. The van der Waals surface area contributed by atoms with E-state index in [9.17, 15) is 13.2 Å². The third kappa shape index (κ3) is 4.26. The lowest BCUT2D eigenvalue weighted by Gasteiger charge is -2.38. The number of aryl methyl sites for hydroxylation is 1. The minimum absolute atomic E-state index is 0.0887. The quantitative estimate of drug-likeness (QED) is 0.729. The third-order valence-corrected chi connectivity index (χ3v) is 6.91. The molecule has 2 fully saturated rings. The van der Waals surface area contributed by atoms with Gasteiger partial charge in [-0.3, -0.25) is 4.79 Å². The van der Waals surface area contributed by atoms with Crippen molar-refractivity contribution in [2.75, 3.05) is 39.4 Å². The van der Waals surface area contributed by atoms with E-state index >= 15 is 0 Å². The molecule has 3 heterocycles. The van der Waals surface area contributed by atoms with Gasteiger partial charge in [0.15, 0.2) is 0 Å². The molecule has 2 saturated heterocycles. The minimum Gasteiger partial charge on any atom is -0.471 e. The number of hydrogen-bond donors (Lipinski definition) is 0. The number of carbonyl (C=O) groups is 1. The largest absolute Gasteiger partial charge is 0.471 e. The molecule has 29 heavy (non-hydrogen) atoms. The van der Waals surface area contributed by atoms with Crippen molar-refractivity contribution < 1.29 is 22.7 Å². The summed E-state index contributed by atoms with van der Waals surface area (Å²) in [4.78, 5) is 18.8. The number of pyridine rings is 1. The van der Waals surface area contributed by atoms with Gasteiger partial charge in [-0.25, -0.2) is 13.4 Å². The van der Waals surface area contributed by atoms with Crippen molar-refractivity contribution in [3.8, 4) is 5.88 Å². The van der Waals surface area contributed by atoms with Crippen molar-refractivity contribution in [3.63, 3.8) is 0 Å². The number of benzene rings is 1. The summed E-state index contributed by atoms with van der Waals surface area (Å²) in [5.74, 6) is 0.414. The molecule has 9 heteroatoms. The molecule has 0 bridgehead atoms. The number of aromatic nitrogens is 1. The van der Waals surface area contributed by atoms with Gasteiger partial charge in [0.25, 0.3) is 5.91 Å². The Hall–Kier alpha value is -2.49. The lowest BCUT2D eigenvalue weighted by Crippen LogP contribution is -2.56. The van der Waals surface area contributed by atoms with Crippen LogP contribution in [0.25, 0.3) is 0 Å². The molecule has 1 amide bonds. The summed E-state index contributed by atoms with van der Waals surface area (Å²) < 4.78 is 37.7. The summed E-state index contributed by atoms with van der Waals surface area (Å²) in [5, 5.41) is 0. The molecule has 0 radical (unpaired) electrons. The number of morpholine rings is 1. The van der Waals surface area contributed by atoms with Crippen LogP contribution in [-0.4, -0.2) is 74.0 Å². The summed E-state index contributed by atoms with van der Waals surface area (Å²) in [7, 11) is -3.56. The van der Waals surface area contributed by atoms with Crippen molar-refractivity contribution in [2.24, 2.45) is 0 Å². The first-order chi connectivity index (χ1) is 13.9. The monoisotopic (exact) mass is 417 g/mol. The van der Waals surface area contributed by atoms with Crippen LogP contribution in [0.5, 0.6) is 5.88 Å². The van der Waals surface area contributed by atoms with E-state index < -0.39 is 10.0 Å². The molecule has 1 aromatic heterocycles. The topological polar surface area (TPSA) is 89.0 Å². The third-order valence-electron chi connectivity index (χ3n) is 4.99. The van der Waals surface area contributed by atoms with E-state index in [0.717, 1.165) is 5.69 Å². The highest BCUT2D eigenvalue weighted by Gasteiger charge is 2.33. The Kier molecular flexibility index (Phi) is 5.53. The van der Waals surface area contributed by atoms with Crippen LogP contribution in [0.2, 0.25) is 0 Å². The fourth-order valence-corrected chi connectivity index (χ4v) is 4.73. The summed E-state index contributed by atoms with van der Waals surface area (Å²) >= 11 is 0. The van der Waals surface area contributed by atoms with Crippen LogP contribution in [0.3, 0.4) is 0 Å². The van der Waals surface area contributed by atoms with Gasteiger partial charge in [0.1, 0.15) is 6.10 Å². The van der Waals surface area contributed by atoms with Crippen molar-refractivity contribution >= 4 is 15.9 Å². The molecule has 0 atom stereocenters. The molecule has 154 valence electrons. The summed E-state index contributed by atoms with van der Waals surface area (Å²) in [5.41, 5.74) is 1.33. The number of nitrogens with zero attached hydrogens (tertiary/aromatic N) is 3. The first kappa shape index (κ1) is 19.8. The van der Waals surface area contributed by atoms with Gasteiger partial charge in [-0.2, -0.15) is 4.31 Å². The van der Waals surface area contributed by atoms with Crippen molar-refractivity contribution in [1.82, 2.24) is 14.2 Å². The van der Waals surface area contributed by atoms with Gasteiger partial charge in [0.05, 0.1) is 31.2 Å². The predicted octanol–water partition coefficient (Wildman–Crippen LogP) is 1.31. The molecular weight excluding hydrogens is 394 g/mol. The summed E-state index contributed by atoms with van der Waals surface area (Å²) in [6, 6.07) is 11.7. The molecule has 2 aliphatic heterocycles. The van der Waals surface area contributed by atoms with Gasteiger partial charge in [-0.05, 0) is 37.3 Å². The van der Waals surface area contributed by atoms with Crippen molar-refractivity contribution in [1.29, 1.82) is 0 Å². The summed E-state index contributed by atoms with van der Waals surface area (Å²) in [6.07, 6.45) is -0.0887. The zero-order chi connectivity index (χ0) is 20.4. The zero-order valence-electron chi connectivity index (χ0n) is 16.2. The minimum atomic E-state index is -3.56. The second-order valence-corrected chi connectivity index (χ2v) is 9.05. The normalized spacial score (nSPS) is 18.3. The Morgan fingerprint density at radius 1 is 1.10 bits per heavy atom. The molecule has 2 aliphatic rings. The Morgan fingerprint density at radius 3 is 2.45 bits per heavy atom. The van der Waals surface area contributed by atoms with E-state index in [-0.39, 0.29) is 16.9 Å². The average Bonchev–Trinajstić information content (AvgIpc) is 2.71. The molecule has 8 nitrogen and oxygen atoms in total. The molecule has 1 aromatic carbocycles. The molecular formula is C20H23N3O5S. The van der Waals surface area contributed by atoms with E-state index in [1.165, 1.54) is 16.4 Å². The van der Waals surface area contributed by atoms with E-state index in [4.69, 9.17) is 9.47 Å². The number of rotatable bonds is 5. The number of hydrogen-bond acceptors (Lipinski definition) is 6. The highest BCUT2D eigenvalue weighted by atomic mass is 32.2. The number of sulfonamides is 1. The Bertz CT molecular complexity index is 981. The Labute approximate surface area is 170 Å². The Morgan fingerprint density at radius 2 is 1.79 bits per heavy atom. The molecule has 4 rings (SSSR count). The molecule has 0 N–H and O–H groups in total. The first-order valence-corrected chi connectivity index (χ1v) is 10.9. The van der Waals surface area contributed by atoms with E-state index in [2.05, 4.69) is 4.98 Å². The second-order valence-electron chi connectivity index (χ2n) is 7.11. The van der Waals surface area contributed by atoms with Crippen LogP contribution in [0.1, 0.15) is 16.1 Å². The van der Waals surface area contributed by atoms with E-state index in [1.807, 2.05) is 19.1 Å². The van der Waals surface area contributed by atoms with Gasteiger partial charge >= 0.3 is 0 Å². The van der Waals surface area contributed by atoms with Crippen LogP contribution in [0.15, 0.2) is 47.4 Å². The second kappa shape index (κ2) is 8.10.